The number of hydrogen-bond donors (Lipinski definition) is 2. The molecule has 10 atom stereocenters. The van der Waals surface area contributed by atoms with Gasteiger partial charge in [0.05, 0.1) is 35.9 Å². The van der Waals surface area contributed by atoms with Crippen LogP contribution in [0.3, 0.4) is 0 Å². The average molecular weight is 720 g/mol. The maximum atomic E-state index is 16.7. The van der Waals surface area contributed by atoms with Crippen molar-refractivity contribution in [3.63, 3.8) is 0 Å². The predicted octanol–water partition coefficient (Wildman–Crippen LogP) is 5.49. The molecule has 10 nitrogen and oxygen atoms in total. The summed E-state index contributed by atoms with van der Waals surface area (Å²) in [6.07, 6.45) is 10.6. The number of nitrogens with one attached hydrogen (secondary N) is 2. The number of ketones is 1. The number of fused-ring (bicyclic) bond motifs is 3. The Balaban J connectivity index is 1.04. The van der Waals surface area contributed by atoms with E-state index < -0.39 is 35.9 Å². The zero-order valence-electron chi connectivity index (χ0n) is 31.2. The van der Waals surface area contributed by atoms with Crippen molar-refractivity contribution in [1.29, 1.82) is 0 Å². The maximum Gasteiger partial charge on any atom is 0.407 e. The molecular formula is C41H58FN5O5. The number of ether oxygens (including phenoxy) is 2. The highest BCUT2D eigenvalue weighted by molar-refractivity contribution is 6.20. The Morgan fingerprint density at radius 2 is 1.69 bits per heavy atom. The lowest BCUT2D eigenvalue weighted by Gasteiger charge is -2.61. The van der Waals surface area contributed by atoms with Gasteiger partial charge in [-0.05, 0) is 89.2 Å². The van der Waals surface area contributed by atoms with Gasteiger partial charge in [0.1, 0.15) is 11.8 Å². The lowest BCUT2D eigenvalue weighted by molar-refractivity contribution is -0.219. The van der Waals surface area contributed by atoms with E-state index in [4.69, 9.17) is 9.47 Å². The van der Waals surface area contributed by atoms with Gasteiger partial charge < -0.3 is 29.9 Å². The Bertz CT molecular complexity index is 1540. The zero-order valence-corrected chi connectivity index (χ0v) is 31.2. The molecule has 8 rings (SSSR count). The number of piperidine rings is 1. The largest absolute Gasteiger partial charge is 0.444 e. The molecule has 2 N–H and O–H groups in total. The van der Waals surface area contributed by atoms with Crippen LogP contribution in [-0.2, 0) is 25.6 Å². The minimum Gasteiger partial charge on any atom is -0.444 e. The highest BCUT2D eigenvalue weighted by atomic mass is 19.1. The highest BCUT2D eigenvalue weighted by Crippen LogP contribution is 2.51. The SMILES string of the molecule is CC(C)(C)OC(=O)NC1CCN(C2C(F)CC3C(=O)C(C(=O)NCc4ccccc4N4CCCCC4)=CN4C5CC6CCCCC6CC5OC2C34)C1. The number of carbonyl (C=O) groups excluding carboxylic acids is 3. The molecule has 2 amide bonds. The van der Waals surface area contributed by atoms with Crippen LogP contribution in [0.15, 0.2) is 36.0 Å². The number of amides is 2. The van der Waals surface area contributed by atoms with E-state index in [1.807, 2.05) is 39.1 Å². The van der Waals surface area contributed by atoms with Crippen molar-refractivity contribution in [2.24, 2.45) is 17.8 Å². The molecule has 1 aromatic carbocycles. The summed E-state index contributed by atoms with van der Waals surface area (Å²) in [5, 5.41) is 6.10. The first-order valence-corrected chi connectivity index (χ1v) is 20.2. The Kier molecular flexibility index (Phi) is 10.0. The second-order valence-corrected chi connectivity index (χ2v) is 17.7. The lowest BCUT2D eigenvalue weighted by Crippen LogP contribution is -2.73. The molecule has 3 saturated carbocycles. The number of halogens is 1. The Hall–Kier alpha value is -3.18. The number of para-hydroxylation sites is 1. The van der Waals surface area contributed by atoms with Gasteiger partial charge >= 0.3 is 6.09 Å². The highest BCUT2D eigenvalue weighted by Gasteiger charge is 2.61. The predicted molar refractivity (Wildman–Crippen MR) is 196 cm³/mol. The summed E-state index contributed by atoms with van der Waals surface area (Å²) in [5.74, 6) is -0.108. The van der Waals surface area contributed by atoms with Gasteiger partial charge in [0.25, 0.3) is 5.91 Å². The molecule has 4 heterocycles. The number of morpholine rings is 1. The Morgan fingerprint density at radius 3 is 2.46 bits per heavy atom. The van der Waals surface area contributed by atoms with Gasteiger partial charge in [0.15, 0.2) is 5.78 Å². The summed E-state index contributed by atoms with van der Waals surface area (Å²) in [6, 6.07) is 7.23. The van der Waals surface area contributed by atoms with Crippen molar-refractivity contribution in [3.8, 4) is 0 Å². The van der Waals surface area contributed by atoms with E-state index in [1.54, 1.807) is 0 Å². The first kappa shape index (κ1) is 35.8. The molecule has 0 bridgehead atoms. The van der Waals surface area contributed by atoms with Gasteiger partial charge in [-0.3, -0.25) is 14.5 Å². The Labute approximate surface area is 308 Å². The maximum absolute atomic E-state index is 16.7. The van der Waals surface area contributed by atoms with Gasteiger partial charge in [-0.15, -0.1) is 0 Å². The summed E-state index contributed by atoms with van der Waals surface area (Å²) in [5.41, 5.74) is 1.72. The molecule has 3 aliphatic carbocycles. The third-order valence-electron chi connectivity index (χ3n) is 13.2. The molecule has 0 aromatic heterocycles. The van der Waals surface area contributed by atoms with Crippen LogP contribution < -0.4 is 15.5 Å². The average Bonchev–Trinajstić information content (AvgIpc) is 3.57. The summed E-state index contributed by atoms with van der Waals surface area (Å²) >= 11 is 0. The number of Topliss-reactive ketones (excluding diaryl/α,β-unsaturated/α-hetero) is 1. The fraction of sp³-hybridized carbons (Fsp3) is 0.732. The standard InChI is InChI=1S/C41H58FN5O5/c1-41(2,3)52-40(50)44-28-15-18-46(23-28)36-31(42)21-29-35-38(36)51-34-20-26-12-6-5-11-25(26)19-33(34)47(35)24-30(37(29)48)39(49)43-22-27-13-7-8-14-32(27)45-16-9-4-10-17-45/h7-8,13-14,24-26,28-29,31,33-36,38H,4-6,9-12,15-23H2,1-3H3,(H,43,49)(H,44,50). The molecule has 284 valence electrons. The smallest absolute Gasteiger partial charge is 0.407 e. The van der Waals surface area contributed by atoms with Crippen LogP contribution >= 0.6 is 0 Å². The molecule has 3 saturated heterocycles. The normalized spacial score (nSPS) is 36.2. The molecule has 10 unspecified atom stereocenters. The minimum atomic E-state index is -1.31. The second kappa shape index (κ2) is 14.6. The monoisotopic (exact) mass is 719 g/mol. The molecule has 4 aliphatic heterocycles. The summed E-state index contributed by atoms with van der Waals surface area (Å²) < 4.78 is 29.3. The number of alkyl halides is 1. The van der Waals surface area contributed by atoms with E-state index in [0.717, 1.165) is 50.0 Å². The van der Waals surface area contributed by atoms with E-state index in [1.165, 1.54) is 32.1 Å². The van der Waals surface area contributed by atoms with Crippen LogP contribution in [0.4, 0.5) is 14.9 Å². The molecule has 11 heteroatoms. The number of carbonyl (C=O) groups is 3. The molecule has 7 aliphatic rings. The van der Waals surface area contributed by atoms with Gasteiger partial charge in [-0.1, -0.05) is 43.9 Å². The van der Waals surface area contributed by atoms with Gasteiger partial charge in [-0.25, -0.2) is 9.18 Å². The third kappa shape index (κ3) is 7.08. The van der Waals surface area contributed by atoms with Gasteiger partial charge in [0.2, 0.25) is 0 Å². The van der Waals surface area contributed by atoms with Crippen molar-refractivity contribution in [1.82, 2.24) is 20.4 Å². The number of benzene rings is 1. The molecule has 0 radical (unpaired) electrons. The molecule has 0 spiro atoms. The number of anilines is 1. The molecular weight excluding hydrogens is 661 g/mol. The van der Waals surface area contributed by atoms with Crippen molar-refractivity contribution in [2.45, 2.75) is 146 Å². The molecule has 52 heavy (non-hydrogen) atoms. The van der Waals surface area contributed by atoms with Crippen molar-refractivity contribution < 1.29 is 28.2 Å². The number of hydrogen-bond acceptors (Lipinski definition) is 8. The van der Waals surface area contributed by atoms with Crippen molar-refractivity contribution in [3.05, 3.63) is 41.6 Å². The topological polar surface area (TPSA) is 103 Å². The first-order valence-electron chi connectivity index (χ1n) is 20.2. The molecule has 1 aromatic rings. The number of rotatable bonds is 6. The van der Waals surface area contributed by atoms with E-state index in [0.29, 0.717) is 37.9 Å². The number of nitrogens with zero attached hydrogens (tertiary/aromatic N) is 3. The summed E-state index contributed by atoms with van der Waals surface area (Å²) in [4.78, 5) is 47.8. The van der Waals surface area contributed by atoms with Crippen molar-refractivity contribution >= 4 is 23.5 Å². The van der Waals surface area contributed by atoms with Crippen molar-refractivity contribution in [2.75, 3.05) is 31.1 Å². The van der Waals surface area contributed by atoms with Crippen LogP contribution in [0.25, 0.3) is 0 Å². The van der Waals surface area contributed by atoms with Crippen LogP contribution in [0, 0.1) is 17.8 Å². The van der Waals surface area contributed by atoms with Crippen LogP contribution in [-0.4, -0.2) is 102 Å². The van der Waals surface area contributed by atoms with Gasteiger partial charge in [-0.2, -0.15) is 0 Å². The number of alkyl carbamates (subject to hydrolysis) is 1. The third-order valence-corrected chi connectivity index (χ3v) is 13.2. The van der Waals surface area contributed by atoms with Crippen LogP contribution in [0.1, 0.15) is 97.0 Å². The quantitative estimate of drug-likeness (QED) is 0.373. The van der Waals surface area contributed by atoms with E-state index in [-0.39, 0.29) is 47.9 Å². The van der Waals surface area contributed by atoms with E-state index >= 15 is 4.39 Å². The van der Waals surface area contributed by atoms with E-state index in [2.05, 4.69) is 37.5 Å². The first-order chi connectivity index (χ1) is 25.0. The minimum absolute atomic E-state index is 0.0517. The summed E-state index contributed by atoms with van der Waals surface area (Å²) in [7, 11) is 0. The fourth-order valence-corrected chi connectivity index (χ4v) is 10.9. The number of likely N-dealkylation sites (tertiary alicyclic amines) is 1. The van der Waals surface area contributed by atoms with Crippen LogP contribution in [0.5, 0.6) is 0 Å². The van der Waals surface area contributed by atoms with Gasteiger partial charge in [0, 0.05) is 56.6 Å². The summed E-state index contributed by atoms with van der Waals surface area (Å²) in [6.45, 7) is 8.97. The Morgan fingerprint density at radius 1 is 0.942 bits per heavy atom. The zero-order chi connectivity index (χ0) is 36.1. The fourth-order valence-electron chi connectivity index (χ4n) is 10.9. The lowest BCUT2D eigenvalue weighted by atomic mass is 9.64. The second-order valence-electron chi connectivity index (χ2n) is 17.7. The van der Waals surface area contributed by atoms with E-state index in [9.17, 15) is 14.4 Å². The molecule has 6 fully saturated rings. The van der Waals surface area contributed by atoms with Crippen LogP contribution in [0.2, 0.25) is 0 Å².